The fraction of sp³-hybridized carbons (Fsp3) is 0.0811. The van der Waals surface area contributed by atoms with Gasteiger partial charge in [-0.05, 0) is 68.3 Å². The first-order valence-electron chi connectivity index (χ1n) is 13.3. The molecule has 2 nitrogen and oxygen atoms in total. The monoisotopic (exact) mass is 498 g/mol. The van der Waals surface area contributed by atoms with Gasteiger partial charge in [0.2, 0.25) is 0 Å². The summed E-state index contributed by atoms with van der Waals surface area (Å²) in [6.45, 7) is 4.64. The number of fused-ring (bicyclic) bond motifs is 4. The Morgan fingerprint density at radius 3 is 2.03 bits per heavy atom. The Morgan fingerprint density at radius 2 is 1.23 bits per heavy atom. The molecule has 0 radical (unpaired) electrons. The summed E-state index contributed by atoms with van der Waals surface area (Å²) in [5.41, 5.74) is 13.9. The van der Waals surface area contributed by atoms with Gasteiger partial charge in [-0.15, -0.1) is 0 Å². The van der Waals surface area contributed by atoms with Gasteiger partial charge in [-0.3, -0.25) is 4.98 Å². The van der Waals surface area contributed by atoms with Gasteiger partial charge < -0.3 is 0 Å². The Labute approximate surface area is 228 Å². The van der Waals surface area contributed by atoms with E-state index in [1.807, 2.05) is 24.4 Å². The molecule has 1 aliphatic rings. The Morgan fingerprint density at radius 1 is 0.564 bits per heavy atom. The zero-order valence-electron chi connectivity index (χ0n) is 21.9. The van der Waals surface area contributed by atoms with Gasteiger partial charge in [0, 0.05) is 22.6 Å². The second-order valence-electron chi connectivity index (χ2n) is 10.7. The molecule has 0 fully saturated rings. The van der Waals surface area contributed by atoms with Crippen LogP contribution in [0.25, 0.3) is 55.4 Å². The minimum atomic E-state index is -0.0849. The molecule has 0 amide bonds. The van der Waals surface area contributed by atoms with Crippen molar-refractivity contribution in [1.82, 2.24) is 4.98 Å². The number of hydrogen-bond donors (Lipinski definition) is 0. The zero-order chi connectivity index (χ0) is 26.6. The highest BCUT2D eigenvalue weighted by atomic mass is 14.6. The fourth-order valence-corrected chi connectivity index (χ4v) is 6.21. The van der Waals surface area contributed by atoms with Crippen LogP contribution in [0.5, 0.6) is 0 Å². The maximum absolute atomic E-state index is 9.36. The van der Waals surface area contributed by atoms with Crippen LogP contribution in [0.1, 0.15) is 30.5 Å². The van der Waals surface area contributed by atoms with Gasteiger partial charge in [0.05, 0.1) is 17.1 Å². The minimum absolute atomic E-state index is 0.0849. The summed E-state index contributed by atoms with van der Waals surface area (Å²) in [6, 6.07) is 42.9. The van der Waals surface area contributed by atoms with Crippen molar-refractivity contribution < 1.29 is 0 Å². The number of benzene rings is 5. The smallest absolute Gasteiger partial charge is 0.0991 e. The third-order valence-corrected chi connectivity index (χ3v) is 8.19. The fourth-order valence-electron chi connectivity index (χ4n) is 6.21. The molecule has 1 aromatic heterocycles. The lowest BCUT2D eigenvalue weighted by Crippen LogP contribution is -2.14. The standard InChI is InChI=1S/C37H26N2/c1-37(2)32-11-4-3-9-31(32)35-33(37)21-20-29(25-14-12-24(23-38)13-15-25)34(35)27-18-16-26(17-19-27)30-10-5-7-28-8-6-22-39-36(28)30/h3-22H,1-2H3. The molecule has 6 aromatic rings. The van der Waals surface area contributed by atoms with E-state index < -0.39 is 0 Å². The molecule has 5 aromatic carbocycles. The van der Waals surface area contributed by atoms with Gasteiger partial charge in [-0.1, -0.05) is 111 Å². The van der Waals surface area contributed by atoms with Crippen LogP contribution in [-0.4, -0.2) is 4.98 Å². The van der Waals surface area contributed by atoms with E-state index in [0.29, 0.717) is 5.56 Å². The lowest BCUT2D eigenvalue weighted by atomic mass is 9.80. The summed E-state index contributed by atoms with van der Waals surface area (Å²) in [6.07, 6.45) is 1.86. The molecule has 39 heavy (non-hydrogen) atoms. The summed E-state index contributed by atoms with van der Waals surface area (Å²) in [7, 11) is 0. The highest BCUT2D eigenvalue weighted by molar-refractivity contribution is 6.00. The zero-order valence-corrected chi connectivity index (χ0v) is 21.9. The number of aromatic nitrogens is 1. The first-order chi connectivity index (χ1) is 19.1. The third-order valence-electron chi connectivity index (χ3n) is 8.19. The second kappa shape index (κ2) is 8.79. The van der Waals surface area contributed by atoms with E-state index in [-0.39, 0.29) is 5.41 Å². The second-order valence-corrected chi connectivity index (χ2v) is 10.7. The lowest BCUT2D eigenvalue weighted by molar-refractivity contribution is 0.660. The number of nitrogens with zero attached hydrogens (tertiary/aromatic N) is 2. The van der Waals surface area contributed by atoms with Crippen LogP contribution < -0.4 is 0 Å². The van der Waals surface area contributed by atoms with Crippen LogP contribution in [0.4, 0.5) is 0 Å². The van der Waals surface area contributed by atoms with E-state index in [2.05, 4.69) is 122 Å². The highest BCUT2D eigenvalue weighted by Gasteiger charge is 2.37. The van der Waals surface area contributed by atoms with Gasteiger partial charge in [-0.2, -0.15) is 5.26 Å². The van der Waals surface area contributed by atoms with Crippen molar-refractivity contribution in [2.45, 2.75) is 19.3 Å². The number of pyridine rings is 1. The van der Waals surface area contributed by atoms with Gasteiger partial charge >= 0.3 is 0 Å². The maximum atomic E-state index is 9.36. The predicted octanol–water partition coefficient (Wildman–Crippen LogP) is 9.41. The summed E-state index contributed by atoms with van der Waals surface area (Å²) in [5.74, 6) is 0. The summed E-state index contributed by atoms with van der Waals surface area (Å²) >= 11 is 0. The number of rotatable bonds is 3. The van der Waals surface area contributed by atoms with Gasteiger partial charge in [0.1, 0.15) is 0 Å². The molecule has 0 N–H and O–H groups in total. The Kier molecular flexibility index (Phi) is 5.22. The normalized spacial score (nSPS) is 13.1. The number of nitriles is 1. The van der Waals surface area contributed by atoms with Gasteiger partial charge in [0.25, 0.3) is 0 Å². The van der Waals surface area contributed by atoms with E-state index in [4.69, 9.17) is 0 Å². The van der Waals surface area contributed by atoms with Crippen LogP contribution in [0.2, 0.25) is 0 Å². The molecule has 0 aliphatic heterocycles. The van der Waals surface area contributed by atoms with Gasteiger partial charge in [-0.25, -0.2) is 0 Å². The van der Waals surface area contributed by atoms with E-state index in [0.717, 1.165) is 27.6 Å². The SMILES string of the molecule is CC1(C)c2ccccc2-c2c1ccc(-c1ccc(C#N)cc1)c2-c1ccc(-c2cccc3cccnc23)cc1. The van der Waals surface area contributed by atoms with Crippen molar-refractivity contribution >= 4 is 10.9 Å². The minimum Gasteiger partial charge on any atom is -0.256 e. The van der Waals surface area contributed by atoms with Crippen LogP contribution in [0.3, 0.4) is 0 Å². The lowest BCUT2D eigenvalue weighted by Gasteiger charge is -2.23. The molecule has 184 valence electrons. The molecule has 0 saturated heterocycles. The van der Waals surface area contributed by atoms with Crippen molar-refractivity contribution in [3.63, 3.8) is 0 Å². The molecule has 0 unspecified atom stereocenters. The van der Waals surface area contributed by atoms with E-state index >= 15 is 0 Å². The highest BCUT2D eigenvalue weighted by Crippen LogP contribution is 2.54. The third kappa shape index (κ3) is 3.59. The average Bonchev–Trinajstić information content (AvgIpc) is 3.23. The maximum Gasteiger partial charge on any atom is 0.0991 e. The quantitative estimate of drug-likeness (QED) is 0.244. The molecule has 0 bridgehead atoms. The Balaban J connectivity index is 1.46. The number of para-hydroxylation sites is 1. The van der Waals surface area contributed by atoms with Crippen LogP contribution >= 0.6 is 0 Å². The predicted molar refractivity (Wildman–Crippen MR) is 160 cm³/mol. The summed E-state index contributed by atoms with van der Waals surface area (Å²) < 4.78 is 0. The molecule has 0 spiro atoms. The van der Waals surface area contributed by atoms with Crippen LogP contribution in [0, 0.1) is 11.3 Å². The van der Waals surface area contributed by atoms with Crippen molar-refractivity contribution in [2.75, 3.05) is 0 Å². The Bertz CT molecular complexity index is 1920. The van der Waals surface area contributed by atoms with E-state index in [1.54, 1.807) is 0 Å². The van der Waals surface area contributed by atoms with Gasteiger partial charge in [0.15, 0.2) is 0 Å². The molecular weight excluding hydrogens is 472 g/mol. The van der Waals surface area contributed by atoms with Crippen LogP contribution in [0.15, 0.2) is 121 Å². The molecule has 1 heterocycles. The number of hydrogen-bond acceptors (Lipinski definition) is 2. The molecule has 2 heteroatoms. The van der Waals surface area contributed by atoms with Crippen molar-refractivity contribution in [3.05, 3.63) is 138 Å². The topological polar surface area (TPSA) is 36.7 Å². The van der Waals surface area contributed by atoms with Crippen molar-refractivity contribution in [1.29, 1.82) is 5.26 Å². The summed E-state index contributed by atoms with van der Waals surface area (Å²) in [4.78, 5) is 4.67. The summed E-state index contributed by atoms with van der Waals surface area (Å²) in [5, 5.41) is 10.5. The molecule has 1 aliphatic carbocycles. The molecule has 0 saturated carbocycles. The first kappa shape index (κ1) is 23.1. The van der Waals surface area contributed by atoms with Crippen LogP contribution in [-0.2, 0) is 5.41 Å². The van der Waals surface area contributed by atoms with E-state index in [1.165, 1.54) is 38.9 Å². The Hall–Kier alpha value is -5.00. The largest absolute Gasteiger partial charge is 0.256 e. The molecule has 0 atom stereocenters. The molecular formula is C37H26N2. The van der Waals surface area contributed by atoms with Crippen molar-refractivity contribution in [3.8, 4) is 50.6 Å². The first-order valence-corrected chi connectivity index (χ1v) is 13.3. The molecule has 7 rings (SSSR count). The van der Waals surface area contributed by atoms with Crippen molar-refractivity contribution in [2.24, 2.45) is 0 Å². The van der Waals surface area contributed by atoms with E-state index in [9.17, 15) is 5.26 Å². The average molecular weight is 499 g/mol.